The van der Waals surface area contributed by atoms with Gasteiger partial charge < -0.3 is 20.1 Å². The van der Waals surface area contributed by atoms with Crippen LogP contribution in [0, 0.1) is 0 Å². The zero-order chi connectivity index (χ0) is 17.6. The molecular weight excluding hydrogens is 431 g/mol. The summed E-state index contributed by atoms with van der Waals surface area (Å²) in [6, 6.07) is 0.581. The van der Waals surface area contributed by atoms with Crippen molar-refractivity contribution in [2.45, 2.75) is 59.1 Å². The first-order valence-electron chi connectivity index (χ1n) is 9.62. The van der Waals surface area contributed by atoms with Crippen LogP contribution in [0.15, 0.2) is 4.99 Å². The second-order valence-electron chi connectivity index (χ2n) is 6.47. The average molecular weight is 470 g/mol. The van der Waals surface area contributed by atoms with Gasteiger partial charge in [0.1, 0.15) is 0 Å². The van der Waals surface area contributed by atoms with Gasteiger partial charge in [-0.3, -0.25) is 9.89 Å². The van der Waals surface area contributed by atoms with Crippen molar-refractivity contribution in [2.75, 3.05) is 52.5 Å². The Bertz CT molecular complexity index is 337. The van der Waals surface area contributed by atoms with Gasteiger partial charge in [-0.25, -0.2) is 0 Å². The Kier molecular flexibility index (Phi) is 16.0. The summed E-state index contributed by atoms with van der Waals surface area (Å²) in [4.78, 5) is 7.05. The molecule has 2 N–H and O–H groups in total. The Morgan fingerprint density at radius 1 is 1.32 bits per heavy atom. The highest BCUT2D eigenvalue weighted by atomic mass is 127. The number of nitrogens with zero attached hydrogens (tertiary/aromatic N) is 2. The van der Waals surface area contributed by atoms with E-state index >= 15 is 0 Å². The second kappa shape index (κ2) is 16.1. The third-order valence-electron chi connectivity index (χ3n) is 4.22. The number of halogens is 1. The molecule has 1 rings (SSSR count). The van der Waals surface area contributed by atoms with Gasteiger partial charge in [-0.2, -0.15) is 0 Å². The monoisotopic (exact) mass is 470 g/mol. The van der Waals surface area contributed by atoms with Gasteiger partial charge in [-0.05, 0) is 46.6 Å². The molecule has 0 amide bonds. The van der Waals surface area contributed by atoms with Crippen molar-refractivity contribution in [3.8, 4) is 0 Å². The number of ether oxygens (including phenoxy) is 2. The Balaban J connectivity index is 0.00000576. The maximum Gasteiger partial charge on any atom is 0.191 e. The molecule has 0 radical (unpaired) electrons. The summed E-state index contributed by atoms with van der Waals surface area (Å²) in [5, 5.41) is 6.71. The van der Waals surface area contributed by atoms with Crippen LogP contribution in [0.5, 0.6) is 0 Å². The average Bonchev–Trinajstić information content (AvgIpc) is 3.07. The highest BCUT2D eigenvalue weighted by Crippen LogP contribution is 2.11. The van der Waals surface area contributed by atoms with Gasteiger partial charge in [0.15, 0.2) is 5.96 Å². The summed E-state index contributed by atoms with van der Waals surface area (Å²) in [6.45, 7) is 15.8. The van der Waals surface area contributed by atoms with Gasteiger partial charge in [0.25, 0.3) is 0 Å². The number of hydrogen-bond acceptors (Lipinski definition) is 4. The van der Waals surface area contributed by atoms with E-state index in [1.54, 1.807) is 0 Å². The fourth-order valence-corrected chi connectivity index (χ4v) is 2.79. The fraction of sp³-hybridized carbons (Fsp3) is 0.944. The molecule has 1 atom stereocenters. The molecule has 1 saturated heterocycles. The van der Waals surface area contributed by atoms with Crippen molar-refractivity contribution >= 4 is 29.9 Å². The van der Waals surface area contributed by atoms with E-state index in [9.17, 15) is 0 Å². The van der Waals surface area contributed by atoms with E-state index in [4.69, 9.17) is 9.47 Å². The number of likely N-dealkylation sites (N-methyl/N-ethyl adjacent to an activating group) is 1. The van der Waals surface area contributed by atoms with Gasteiger partial charge in [0.05, 0.1) is 12.7 Å². The minimum atomic E-state index is 0. The first-order valence-corrected chi connectivity index (χ1v) is 9.62. The normalized spacial score (nSPS) is 17.8. The lowest BCUT2D eigenvalue weighted by molar-refractivity contribution is 0.0171. The van der Waals surface area contributed by atoms with Gasteiger partial charge in [0.2, 0.25) is 0 Å². The topological polar surface area (TPSA) is 58.1 Å². The van der Waals surface area contributed by atoms with Crippen LogP contribution >= 0.6 is 24.0 Å². The first-order chi connectivity index (χ1) is 11.7. The van der Waals surface area contributed by atoms with Crippen LogP contribution in [0.4, 0.5) is 0 Å². The van der Waals surface area contributed by atoms with Crippen molar-refractivity contribution in [3.63, 3.8) is 0 Å². The third kappa shape index (κ3) is 12.0. The highest BCUT2D eigenvalue weighted by Gasteiger charge is 2.14. The van der Waals surface area contributed by atoms with E-state index in [2.05, 4.69) is 48.2 Å². The van der Waals surface area contributed by atoms with Gasteiger partial charge in [-0.15, -0.1) is 24.0 Å². The zero-order valence-corrected chi connectivity index (χ0v) is 18.9. The van der Waals surface area contributed by atoms with Crippen LogP contribution in [0.25, 0.3) is 0 Å². The van der Waals surface area contributed by atoms with Crippen LogP contribution in [-0.2, 0) is 9.47 Å². The summed E-state index contributed by atoms with van der Waals surface area (Å²) in [5.74, 6) is 0.899. The first kappa shape index (κ1) is 24.9. The Morgan fingerprint density at radius 2 is 2.12 bits per heavy atom. The Morgan fingerprint density at radius 3 is 2.72 bits per heavy atom. The van der Waals surface area contributed by atoms with Crippen molar-refractivity contribution in [3.05, 3.63) is 0 Å². The molecule has 1 heterocycles. The van der Waals surface area contributed by atoms with E-state index < -0.39 is 0 Å². The van der Waals surface area contributed by atoms with Crippen LogP contribution in [-0.4, -0.2) is 75.5 Å². The van der Waals surface area contributed by atoms with Crippen molar-refractivity contribution in [1.29, 1.82) is 0 Å². The molecule has 1 aliphatic rings. The molecule has 25 heavy (non-hydrogen) atoms. The van der Waals surface area contributed by atoms with Gasteiger partial charge >= 0.3 is 0 Å². The van der Waals surface area contributed by atoms with Crippen LogP contribution in [0.3, 0.4) is 0 Å². The van der Waals surface area contributed by atoms with E-state index in [1.165, 1.54) is 6.42 Å². The molecule has 1 fully saturated rings. The van der Waals surface area contributed by atoms with E-state index in [-0.39, 0.29) is 24.0 Å². The number of nitrogens with one attached hydrogen (secondary N) is 2. The van der Waals surface area contributed by atoms with Crippen molar-refractivity contribution < 1.29 is 9.47 Å². The van der Waals surface area contributed by atoms with Crippen LogP contribution in [0.2, 0.25) is 0 Å². The molecule has 0 saturated carbocycles. The molecule has 0 bridgehead atoms. The van der Waals surface area contributed by atoms with E-state index in [0.29, 0.717) is 12.1 Å². The lowest BCUT2D eigenvalue weighted by atomic mass is 10.2. The molecule has 7 heteroatoms. The molecule has 1 unspecified atom stereocenters. The summed E-state index contributed by atoms with van der Waals surface area (Å²) in [6.07, 6.45) is 3.56. The maximum atomic E-state index is 5.67. The summed E-state index contributed by atoms with van der Waals surface area (Å²) >= 11 is 0. The van der Waals surface area contributed by atoms with E-state index in [1.807, 2.05) is 0 Å². The molecule has 0 aliphatic carbocycles. The summed E-state index contributed by atoms with van der Waals surface area (Å²) in [7, 11) is 0. The van der Waals surface area contributed by atoms with E-state index in [0.717, 1.165) is 71.3 Å². The molecule has 1 aliphatic heterocycles. The molecule has 0 aromatic heterocycles. The lowest BCUT2D eigenvalue weighted by Crippen LogP contribution is -2.43. The standard InChI is InChI=1S/C18H38N4O2.HI/c1-5-19-18(21-11-12-22(6-2)16(3)4)20-10-8-13-23-15-17-9-7-14-24-17;/h16-17H,5-15H2,1-4H3,(H2,19,20,21);1H. The summed E-state index contributed by atoms with van der Waals surface area (Å²) < 4.78 is 11.2. The van der Waals surface area contributed by atoms with Gasteiger partial charge in [-0.1, -0.05) is 6.92 Å². The zero-order valence-electron chi connectivity index (χ0n) is 16.6. The van der Waals surface area contributed by atoms with Gasteiger partial charge in [0, 0.05) is 45.4 Å². The number of guanidine groups is 1. The molecule has 0 aromatic rings. The maximum absolute atomic E-state index is 5.67. The molecule has 6 nitrogen and oxygen atoms in total. The predicted molar refractivity (Wildman–Crippen MR) is 116 cm³/mol. The highest BCUT2D eigenvalue weighted by molar-refractivity contribution is 14.0. The molecular formula is C18H39IN4O2. The number of aliphatic imine (C=N–C) groups is 1. The number of rotatable bonds is 12. The molecule has 150 valence electrons. The number of hydrogen-bond donors (Lipinski definition) is 2. The van der Waals surface area contributed by atoms with Crippen molar-refractivity contribution in [1.82, 2.24) is 15.5 Å². The van der Waals surface area contributed by atoms with Crippen LogP contribution in [0.1, 0.15) is 47.0 Å². The largest absolute Gasteiger partial charge is 0.379 e. The fourth-order valence-electron chi connectivity index (χ4n) is 2.79. The van der Waals surface area contributed by atoms with Crippen LogP contribution < -0.4 is 10.6 Å². The smallest absolute Gasteiger partial charge is 0.191 e. The minimum Gasteiger partial charge on any atom is -0.379 e. The third-order valence-corrected chi connectivity index (χ3v) is 4.22. The summed E-state index contributed by atoms with van der Waals surface area (Å²) in [5.41, 5.74) is 0. The molecule has 0 aromatic carbocycles. The minimum absolute atomic E-state index is 0. The Hall–Kier alpha value is -0.120. The molecule has 0 spiro atoms. The Labute approximate surface area is 171 Å². The van der Waals surface area contributed by atoms with Crippen molar-refractivity contribution in [2.24, 2.45) is 4.99 Å². The quantitative estimate of drug-likeness (QED) is 0.199. The SMILES string of the molecule is CCNC(=NCCCOCC1CCCO1)NCCN(CC)C(C)C.I. The lowest BCUT2D eigenvalue weighted by Gasteiger charge is -2.25. The second-order valence-corrected chi connectivity index (χ2v) is 6.47. The predicted octanol–water partition coefficient (Wildman–Crippen LogP) is 2.48.